The number of halogens is 2. The number of benzene rings is 1. The van der Waals surface area contributed by atoms with Crippen molar-refractivity contribution in [3.05, 3.63) is 47.5 Å². The molecule has 0 aliphatic carbocycles. The highest BCUT2D eigenvalue weighted by atomic mass is 19.1. The monoisotopic (exact) mass is 223 g/mol. The average molecular weight is 223 g/mol. The van der Waals surface area contributed by atoms with E-state index in [1.165, 1.54) is 23.1 Å². The van der Waals surface area contributed by atoms with Gasteiger partial charge in [0, 0.05) is 13.1 Å². The van der Waals surface area contributed by atoms with Crippen LogP contribution in [0.3, 0.4) is 0 Å². The summed E-state index contributed by atoms with van der Waals surface area (Å²) in [6, 6.07) is 5.85. The zero-order valence-electron chi connectivity index (χ0n) is 8.62. The van der Waals surface area contributed by atoms with Gasteiger partial charge in [-0.3, -0.25) is 4.79 Å². The lowest BCUT2D eigenvalue weighted by Gasteiger charge is -2.24. The molecule has 2 nitrogen and oxygen atoms in total. The lowest BCUT2D eigenvalue weighted by molar-refractivity contribution is -0.130. The van der Waals surface area contributed by atoms with Crippen LogP contribution in [0.2, 0.25) is 0 Å². The summed E-state index contributed by atoms with van der Waals surface area (Å²) in [4.78, 5) is 12.8. The molecule has 1 amide bonds. The van der Waals surface area contributed by atoms with Gasteiger partial charge in [0.2, 0.25) is 0 Å². The van der Waals surface area contributed by atoms with E-state index in [4.69, 9.17) is 0 Å². The Morgan fingerprint density at radius 1 is 1.19 bits per heavy atom. The van der Waals surface area contributed by atoms with E-state index in [0.717, 1.165) is 5.56 Å². The van der Waals surface area contributed by atoms with Crippen LogP contribution in [0.1, 0.15) is 12.0 Å². The van der Waals surface area contributed by atoms with E-state index in [0.29, 0.717) is 19.5 Å². The first-order valence-electron chi connectivity index (χ1n) is 5.06. The van der Waals surface area contributed by atoms with Crippen LogP contribution in [0.25, 0.3) is 0 Å². The fourth-order valence-corrected chi connectivity index (χ4v) is 1.65. The molecule has 0 aromatic heterocycles. The fraction of sp³-hybridized carbons (Fsp3) is 0.250. The van der Waals surface area contributed by atoms with Gasteiger partial charge in [-0.25, -0.2) is 8.78 Å². The Morgan fingerprint density at radius 3 is 2.56 bits per heavy atom. The third kappa shape index (κ3) is 2.27. The highest BCUT2D eigenvalue weighted by Gasteiger charge is 2.21. The SMILES string of the molecule is O=C1C(F)=CCCN1Cc1ccc(F)cc1. The first-order valence-corrected chi connectivity index (χ1v) is 5.06. The zero-order chi connectivity index (χ0) is 11.5. The maximum Gasteiger partial charge on any atom is 0.282 e. The Balaban J connectivity index is 2.08. The molecule has 0 saturated carbocycles. The summed E-state index contributed by atoms with van der Waals surface area (Å²) >= 11 is 0. The Kier molecular flexibility index (Phi) is 2.99. The quantitative estimate of drug-likeness (QED) is 0.754. The minimum Gasteiger partial charge on any atom is -0.332 e. The molecule has 0 unspecified atom stereocenters. The van der Waals surface area contributed by atoms with Gasteiger partial charge in [-0.2, -0.15) is 0 Å². The van der Waals surface area contributed by atoms with Gasteiger partial charge in [-0.05, 0) is 30.2 Å². The molecule has 4 heteroatoms. The van der Waals surface area contributed by atoms with E-state index in [9.17, 15) is 13.6 Å². The van der Waals surface area contributed by atoms with E-state index >= 15 is 0 Å². The molecule has 1 aliphatic heterocycles. The molecule has 0 radical (unpaired) electrons. The van der Waals surface area contributed by atoms with Crippen LogP contribution in [0.4, 0.5) is 8.78 Å². The van der Waals surface area contributed by atoms with E-state index in [2.05, 4.69) is 0 Å². The molecule has 0 fully saturated rings. The van der Waals surface area contributed by atoms with E-state index < -0.39 is 11.7 Å². The predicted molar refractivity (Wildman–Crippen MR) is 55.6 cm³/mol. The average Bonchev–Trinajstić information content (AvgIpc) is 2.28. The lowest BCUT2D eigenvalue weighted by atomic mass is 10.1. The Hall–Kier alpha value is -1.71. The zero-order valence-corrected chi connectivity index (χ0v) is 8.62. The number of carbonyl (C=O) groups is 1. The first kappa shape index (κ1) is 10.8. The smallest absolute Gasteiger partial charge is 0.282 e. The van der Waals surface area contributed by atoms with Crippen LogP contribution >= 0.6 is 0 Å². The molecule has 0 atom stereocenters. The minimum absolute atomic E-state index is 0.320. The van der Waals surface area contributed by atoms with Gasteiger partial charge in [-0.1, -0.05) is 12.1 Å². The molecule has 0 bridgehead atoms. The fourth-order valence-electron chi connectivity index (χ4n) is 1.65. The van der Waals surface area contributed by atoms with Crippen molar-refractivity contribution in [1.82, 2.24) is 4.90 Å². The molecular formula is C12H11F2NO. The van der Waals surface area contributed by atoms with Gasteiger partial charge < -0.3 is 4.90 Å². The van der Waals surface area contributed by atoms with Crippen LogP contribution < -0.4 is 0 Å². The number of rotatable bonds is 2. The largest absolute Gasteiger partial charge is 0.332 e. The molecule has 0 N–H and O–H groups in total. The number of amides is 1. The van der Waals surface area contributed by atoms with Crippen molar-refractivity contribution in [2.75, 3.05) is 6.54 Å². The second-order valence-corrected chi connectivity index (χ2v) is 3.69. The van der Waals surface area contributed by atoms with Crippen molar-refractivity contribution in [3.8, 4) is 0 Å². The Morgan fingerprint density at radius 2 is 1.88 bits per heavy atom. The van der Waals surface area contributed by atoms with Crippen LogP contribution in [0.15, 0.2) is 36.2 Å². The molecular weight excluding hydrogens is 212 g/mol. The molecule has 1 aromatic rings. The minimum atomic E-state index is -0.701. The van der Waals surface area contributed by atoms with E-state index in [-0.39, 0.29) is 5.82 Å². The van der Waals surface area contributed by atoms with E-state index in [1.54, 1.807) is 12.1 Å². The molecule has 1 heterocycles. The molecule has 1 aliphatic rings. The molecule has 0 spiro atoms. The summed E-state index contributed by atoms with van der Waals surface area (Å²) in [5.74, 6) is -1.61. The van der Waals surface area contributed by atoms with Crippen molar-refractivity contribution in [3.63, 3.8) is 0 Å². The molecule has 84 valence electrons. The number of nitrogens with zero attached hydrogens (tertiary/aromatic N) is 1. The summed E-state index contributed by atoms with van der Waals surface area (Å²) in [6.07, 6.45) is 1.82. The van der Waals surface area contributed by atoms with Gasteiger partial charge in [0.15, 0.2) is 5.83 Å². The van der Waals surface area contributed by atoms with Crippen LogP contribution in [0.5, 0.6) is 0 Å². The Labute approximate surface area is 92.2 Å². The summed E-state index contributed by atoms with van der Waals surface area (Å²) in [5, 5.41) is 0. The van der Waals surface area contributed by atoms with Gasteiger partial charge in [0.05, 0.1) is 0 Å². The number of hydrogen-bond acceptors (Lipinski definition) is 1. The first-order chi connectivity index (χ1) is 7.66. The van der Waals surface area contributed by atoms with Gasteiger partial charge in [0.25, 0.3) is 5.91 Å². The van der Waals surface area contributed by atoms with Gasteiger partial charge >= 0.3 is 0 Å². The van der Waals surface area contributed by atoms with Crippen LogP contribution in [-0.2, 0) is 11.3 Å². The molecule has 16 heavy (non-hydrogen) atoms. The number of carbonyl (C=O) groups excluding carboxylic acids is 1. The summed E-state index contributed by atoms with van der Waals surface area (Å²) in [5.41, 5.74) is 0.796. The van der Waals surface area contributed by atoms with Crippen LogP contribution in [-0.4, -0.2) is 17.4 Å². The molecule has 1 aromatic carbocycles. The summed E-state index contributed by atoms with van der Waals surface area (Å²) < 4.78 is 25.7. The van der Waals surface area contributed by atoms with Crippen molar-refractivity contribution in [2.45, 2.75) is 13.0 Å². The molecule has 0 saturated heterocycles. The summed E-state index contributed by atoms with van der Waals surface area (Å²) in [7, 11) is 0. The highest BCUT2D eigenvalue weighted by molar-refractivity contribution is 5.91. The normalized spacial score (nSPS) is 16.2. The van der Waals surface area contributed by atoms with Gasteiger partial charge in [-0.15, -0.1) is 0 Å². The number of hydrogen-bond donors (Lipinski definition) is 0. The van der Waals surface area contributed by atoms with Gasteiger partial charge in [0.1, 0.15) is 5.82 Å². The maximum absolute atomic E-state index is 13.0. The second kappa shape index (κ2) is 4.43. The van der Waals surface area contributed by atoms with Crippen LogP contribution in [0, 0.1) is 5.82 Å². The maximum atomic E-state index is 13.0. The van der Waals surface area contributed by atoms with Crippen molar-refractivity contribution in [1.29, 1.82) is 0 Å². The highest BCUT2D eigenvalue weighted by Crippen LogP contribution is 2.15. The standard InChI is InChI=1S/C12H11F2NO/c13-10-5-3-9(4-6-10)8-15-7-1-2-11(14)12(15)16/h2-6H,1,7-8H2. The topological polar surface area (TPSA) is 20.3 Å². The third-order valence-corrected chi connectivity index (χ3v) is 2.50. The lowest BCUT2D eigenvalue weighted by Crippen LogP contribution is -2.34. The second-order valence-electron chi connectivity index (χ2n) is 3.69. The predicted octanol–water partition coefficient (Wildman–Crippen LogP) is 2.41. The third-order valence-electron chi connectivity index (χ3n) is 2.50. The molecule has 2 rings (SSSR count). The summed E-state index contributed by atoms with van der Waals surface area (Å²) in [6.45, 7) is 0.823. The van der Waals surface area contributed by atoms with Crippen molar-refractivity contribution < 1.29 is 13.6 Å². The van der Waals surface area contributed by atoms with E-state index in [1.807, 2.05) is 0 Å². The van der Waals surface area contributed by atoms with Crippen molar-refractivity contribution >= 4 is 5.91 Å². The Bertz CT molecular complexity index is 425. The van der Waals surface area contributed by atoms with Crippen molar-refractivity contribution in [2.24, 2.45) is 0 Å².